The third kappa shape index (κ3) is 2.67. The first kappa shape index (κ1) is 14.1. The van der Waals surface area contributed by atoms with Crippen LogP contribution in [0.4, 0.5) is 0 Å². The Kier molecular flexibility index (Phi) is 3.96. The standard InChI is InChI=1S/C13H12BrClN2O2/c1-7(2)12-10(15)11(13(18)19)16-17(12)9-5-3-8(14)4-6-9/h3-7H,1-2H3,(H,18,19). The quantitative estimate of drug-likeness (QED) is 0.912. The van der Waals surface area contributed by atoms with Crippen LogP contribution < -0.4 is 0 Å². The van der Waals surface area contributed by atoms with E-state index >= 15 is 0 Å². The number of aromatic nitrogens is 2. The highest BCUT2D eigenvalue weighted by atomic mass is 79.9. The van der Waals surface area contributed by atoms with Gasteiger partial charge in [-0.25, -0.2) is 9.48 Å². The molecule has 0 radical (unpaired) electrons. The zero-order valence-corrected chi connectivity index (χ0v) is 12.7. The molecule has 0 aliphatic heterocycles. The lowest BCUT2D eigenvalue weighted by Crippen LogP contribution is -2.04. The molecule has 1 aromatic carbocycles. The Balaban J connectivity index is 2.65. The zero-order valence-electron chi connectivity index (χ0n) is 10.4. The number of nitrogens with zero attached hydrogens (tertiary/aromatic N) is 2. The molecule has 100 valence electrons. The molecule has 2 aromatic rings. The molecule has 0 aliphatic carbocycles. The summed E-state index contributed by atoms with van der Waals surface area (Å²) < 4.78 is 2.53. The summed E-state index contributed by atoms with van der Waals surface area (Å²) >= 11 is 9.49. The second-order valence-electron chi connectivity index (χ2n) is 4.40. The van der Waals surface area contributed by atoms with E-state index in [1.165, 1.54) is 0 Å². The molecule has 1 aromatic heterocycles. The van der Waals surface area contributed by atoms with Crippen LogP contribution in [0.25, 0.3) is 5.69 Å². The lowest BCUT2D eigenvalue weighted by atomic mass is 10.1. The fourth-order valence-corrected chi connectivity index (χ4v) is 2.51. The second kappa shape index (κ2) is 5.35. The number of hydrogen-bond donors (Lipinski definition) is 1. The van der Waals surface area contributed by atoms with Crippen molar-refractivity contribution in [1.82, 2.24) is 9.78 Å². The van der Waals surface area contributed by atoms with Crippen molar-refractivity contribution in [3.63, 3.8) is 0 Å². The van der Waals surface area contributed by atoms with Crippen molar-refractivity contribution < 1.29 is 9.90 Å². The molecule has 0 spiro atoms. The van der Waals surface area contributed by atoms with Crippen LogP contribution in [-0.4, -0.2) is 20.9 Å². The maximum Gasteiger partial charge on any atom is 0.358 e. The smallest absolute Gasteiger partial charge is 0.358 e. The molecule has 0 saturated heterocycles. The highest BCUT2D eigenvalue weighted by Gasteiger charge is 2.23. The number of carboxylic acid groups (broad SMARTS) is 1. The van der Waals surface area contributed by atoms with Crippen molar-refractivity contribution in [1.29, 1.82) is 0 Å². The predicted octanol–water partition coefficient (Wildman–Crippen LogP) is 4.11. The van der Waals surface area contributed by atoms with E-state index in [0.717, 1.165) is 10.2 Å². The summed E-state index contributed by atoms with van der Waals surface area (Å²) in [5.74, 6) is -1.06. The Morgan fingerprint density at radius 1 is 1.37 bits per heavy atom. The third-order valence-corrected chi connectivity index (χ3v) is 3.58. The molecule has 0 atom stereocenters. The lowest BCUT2D eigenvalue weighted by molar-refractivity contribution is 0.0690. The van der Waals surface area contributed by atoms with Gasteiger partial charge < -0.3 is 5.11 Å². The van der Waals surface area contributed by atoms with E-state index < -0.39 is 5.97 Å². The number of halogens is 2. The number of rotatable bonds is 3. The molecule has 0 aliphatic rings. The van der Waals surface area contributed by atoms with Gasteiger partial charge in [0.15, 0.2) is 5.69 Å². The van der Waals surface area contributed by atoms with Crippen LogP contribution in [0.3, 0.4) is 0 Å². The van der Waals surface area contributed by atoms with Crippen LogP contribution in [0.15, 0.2) is 28.7 Å². The van der Waals surface area contributed by atoms with Gasteiger partial charge in [0, 0.05) is 4.47 Å². The topological polar surface area (TPSA) is 55.1 Å². The van der Waals surface area contributed by atoms with Crippen molar-refractivity contribution in [3.8, 4) is 5.69 Å². The van der Waals surface area contributed by atoms with E-state index in [4.69, 9.17) is 16.7 Å². The summed E-state index contributed by atoms with van der Waals surface area (Å²) in [6.45, 7) is 3.90. The Hall–Kier alpha value is -1.33. The van der Waals surface area contributed by atoms with Crippen molar-refractivity contribution in [2.45, 2.75) is 19.8 Å². The van der Waals surface area contributed by atoms with E-state index in [1.807, 2.05) is 38.1 Å². The van der Waals surface area contributed by atoms with Crippen LogP contribution >= 0.6 is 27.5 Å². The van der Waals surface area contributed by atoms with Gasteiger partial charge in [-0.15, -0.1) is 0 Å². The molecule has 2 rings (SSSR count). The largest absolute Gasteiger partial charge is 0.476 e. The average molecular weight is 344 g/mol. The number of hydrogen-bond acceptors (Lipinski definition) is 2. The van der Waals surface area contributed by atoms with Gasteiger partial charge in [-0.05, 0) is 30.2 Å². The van der Waals surface area contributed by atoms with Gasteiger partial charge in [-0.2, -0.15) is 5.10 Å². The van der Waals surface area contributed by atoms with E-state index in [0.29, 0.717) is 5.69 Å². The highest BCUT2D eigenvalue weighted by Crippen LogP contribution is 2.30. The Bertz CT molecular complexity index is 620. The third-order valence-electron chi connectivity index (χ3n) is 2.68. The molecule has 0 unspecified atom stereocenters. The molecule has 4 nitrogen and oxygen atoms in total. The first-order valence-corrected chi connectivity index (χ1v) is 6.86. The predicted molar refractivity (Wildman–Crippen MR) is 77.3 cm³/mol. The normalized spacial score (nSPS) is 11.0. The Morgan fingerprint density at radius 3 is 2.42 bits per heavy atom. The summed E-state index contributed by atoms with van der Waals surface area (Å²) in [5, 5.41) is 13.4. The molecule has 1 N–H and O–H groups in total. The Labute approximate surface area is 124 Å². The maximum absolute atomic E-state index is 11.1. The van der Waals surface area contributed by atoms with Gasteiger partial charge in [-0.3, -0.25) is 0 Å². The van der Waals surface area contributed by atoms with Gasteiger partial charge in [0.05, 0.1) is 16.4 Å². The molecule has 6 heteroatoms. The van der Waals surface area contributed by atoms with Gasteiger partial charge >= 0.3 is 5.97 Å². The summed E-state index contributed by atoms with van der Waals surface area (Å²) in [5.41, 5.74) is 1.36. The fraction of sp³-hybridized carbons (Fsp3) is 0.231. The summed E-state index contributed by atoms with van der Waals surface area (Å²) in [6, 6.07) is 7.45. The van der Waals surface area contributed by atoms with Gasteiger partial charge in [-0.1, -0.05) is 41.4 Å². The van der Waals surface area contributed by atoms with Gasteiger partial charge in [0.25, 0.3) is 0 Å². The SMILES string of the molecule is CC(C)c1c(Cl)c(C(=O)O)nn1-c1ccc(Br)cc1. The first-order chi connectivity index (χ1) is 8.91. The van der Waals surface area contributed by atoms with Crippen LogP contribution in [0.5, 0.6) is 0 Å². The minimum Gasteiger partial charge on any atom is -0.476 e. The number of carbonyl (C=O) groups is 1. The van der Waals surface area contributed by atoms with Crippen molar-refractivity contribution in [2.75, 3.05) is 0 Å². The lowest BCUT2D eigenvalue weighted by Gasteiger charge is -2.10. The average Bonchev–Trinajstić information content (AvgIpc) is 2.68. The van der Waals surface area contributed by atoms with Gasteiger partial charge in [0.2, 0.25) is 0 Å². The molecule has 0 saturated carbocycles. The molecule has 1 heterocycles. The van der Waals surface area contributed by atoms with Crippen molar-refractivity contribution >= 4 is 33.5 Å². The number of benzene rings is 1. The monoisotopic (exact) mass is 342 g/mol. The molecule has 0 fully saturated rings. The van der Waals surface area contributed by atoms with E-state index in [1.54, 1.807) is 4.68 Å². The summed E-state index contributed by atoms with van der Waals surface area (Å²) in [6.07, 6.45) is 0. The minimum atomic E-state index is -1.12. The molecular formula is C13H12BrClN2O2. The van der Waals surface area contributed by atoms with Crippen molar-refractivity contribution in [3.05, 3.63) is 45.1 Å². The molecule has 0 bridgehead atoms. The van der Waals surface area contributed by atoms with Crippen LogP contribution in [0.1, 0.15) is 35.9 Å². The van der Waals surface area contributed by atoms with Crippen LogP contribution in [-0.2, 0) is 0 Å². The van der Waals surface area contributed by atoms with E-state index in [-0.39, 0.29) is 16.6 Å². The molecule has 19 heavy (non-hydrogen) atoms. The zero-order chi connectivity index (χ0) is 14.2. The number of carboxylic acids is 1. The fourth-order valence-electron chi connectivity index (χ4n) is 1.83. The summed E-state index contributed by atoms with van der Waals surface area (Å²) in [7, 11) is 0. The van der Waals surface area contributed by atoms with E-state index in [9.17, 15) is 4.79 Å². The second-order valence-corrected chi connectivity index (χ2v) is 5.69. The molecule has 0 amide bonds. The maximum atomic E-state index is 11.1. The highest BCUT2D eigenvalue weighted by molar-refractivity contribution is 9.10. The van der Waals surface area contributed by atoms with E-state index in [2.05, 4.69) is 21.0 Å². The molecular weight excluding hydrogens is 332 g/mol. The summed E-state index contributed by atoms with van der Waals surface area (Å²) in [4.78, 5) is 11.1. The van der Waals surface area contributed by atoms with Gasteiger partial charge in [0.1, 0.15) is 0 Å². The number of aromatic carboxylic acids is 1. The first-order valence-electron chi connectivity index (χ1n) is 5.69. The Morgan fingerprint density at radius 2 is 1.95 bits per heavy atom. The van der Waals surface area contributed by atoms with Crippen LogP contribution in [0, 0.1) is 0 Å². The van der Waals surface area contributed by atoms with Crippen LogP contribution in [0.2, 0.25) is 5.02 Å². The minimum absolute atomic E-state index is 0.0664. The van der Waals surface area contributed by atoms with Crippen molar-refractivity contribution in [2.24, 2.45) is 0 Å².